The van der Waals surface area contributed by atoms with E-state index in [1.54, 1.807) is 37.6 Å². The van der Waals surface area contributed by atoms with Crippen molar-refractivity contribution in [3.8, 4) is 0 Å². The molecule has 2 heterocycles. The van der Waals surface area contributed by atoms with Gasteiger partial charge in [0.25, 0.3) is 5.91 Å². The van der Waals surface area contributed by atoms with Crippen LogP contribution in [0.5, 0.6) is 0 Å². The van der Waals surface area contributed by atoms with Crippen molar-refractivity contribution in [1.82, 2.24) is 16.0 Å². The number of hydrogen-bond donors (Lipinski definition) is 3. The van der Waals surface area contributed by atoms with Crippen LogP contribution in [0.3, 0.4) is 0 Å². The van der Waals surface area contributed by atoms with Crippen LogP contribution in [-0.4, -0.2) is 59.2 Å². The minimum atomic E-state index is -0.987. The number of nitrogens with one attached hydrogen (secondary N) is 3. The number of fused-ring (bicyclic) bond motifs is 7. The standard InChI is InChI=1S/C25H37N3O6S2/c1-6-18-24(32)28-22(15(4)5)25(33)34-17-9-7-8-10-35-36-13-16(23(31)26-18)11-19(29)21(14(2)3)27-20(30)12-17/h6-7,9,14-17,21-22H,8,10-13H2,1-5H3,(H,26,31)(H,27,30)(H,28,32)/b9-7+,18-6-/t16-,17-,21-,22+/m1/s1. The number of ether oxygens (including phenoxy) is 1. The van der Waals surface area contributed by atoms with Gasteiger partial charge in [-0.2, -0.15) is 0 Å². The van der Waals surface area contributed by atoms with Gasteiger partial charge < -0.3 is 20.7 Å². The van der Waals surface area contributed by atoms with E-state index >= 15 is 0 Å². The first kappa shape index (κ1) is 30.0. The Morgan fingerprint density at radius 2 is 1.67 bits per heavy atom. The van der Waals surface area contributed by atoms with E-state index < -0.39 is 47.8 Å². The Kier molecular flexibility index (Phi) is 12.0. The molecule has 0 aromatic carbocycles. The Morgan fingerprint density at radius 1 is 0.972 bits per heavy atom. The third-order valence-electron chi connectivity index (χ3n) is 5.87. The first-order valence-corrected chi connectivity index (χ1v) is 14.7. The van der Waals surface area contributed by atoms with Gasteiger partial charge in [-0.05, 0) is 31.3 Å². The van der Waals surface area contributed by atoms with Gasteiger partial charge in [0.05, 0.1) is 18.4 Å². The summed E-state index contributed by atoms with van der Waals surface area (Å²) in [6.07, 6.45) is 4.56. The number of carbonyl (C=O) groups is 5. The summed E-state index contributed by atoms with van der Waals surface area (Å²) in [6.45, 7) is 8.78. The van der Waals surface area contributed by atoms with Crippen LogP contribution < -0.4 is 16.0 Å². The van der Waals surface area contributed by atoms with Gasteiger partial charge in [-0.15, -0.1) is 0 Å². The molecule has 3 amide bonds. The summed E-state index contributed by atoms with van der Waals surface area (Å²) in [5.74, 6) is -2.59. The molecular formula is C25H37N3O6S2. The average molecular weight is 540 g/mol. The van der Waals surface area contributed by atoms with Crippen molar-refractivity contribution in [3.63, 3.8) is 0 Å². The summed E-state index contributed by atoms with van der Waals surface area (Å²) in [5, 5.41) is 8.08. The summed E-state index contributed by atoms with van der Waals surface area (Å²) in [5.41, 5.74) is -0.00452. The van der Waals surface area contributed by atoms with Crippen LogP contribution in [0, 0.1) is 17.8 Å². The molecule has 2 rings (SSSR count). The highest BCUT2D eigenvalue weighted by Crippen LogP contribution is 2.27. The molecule has 0 aromatic rings. The fourth-order valence-corrected chi connectivity index (χ4v) is 6.07. The second-order valence-electron chi connectivity index (χ2n) is 9.55. The van der Waals surface area contributed by atoms with Gasteiger partial charge in [0, 0.05) is 17.9 Å². The minimum Gasteiger partial charge on any atom is -0.456 e. The molecule has 1 fully saturated rings. The van der Waals surface area contributed by atoms with Gasteiger partial charge in [-0.3, -0.25) is 19.2 Å². The zero-order valence-electron chi connectivity index (χ0n) is 21.5. The molecule has 0 saturated carbocycles. The third-order valence-corrected chi connectivity index (χ3v) is 8.39. The normalized spacial score (nSPS) is 29.9. The Hall–Kier alpha value is -2.27. The molecule has 0 aromatic heterocycles. The van der Waals surface area contributed by atoms with E-state index in [0.717, 1.165) is 5.75 Å². The average Bonchev–Trinajstić information content (AvgIpc) is 2.81. The van der Waals surface area contributed by atoms with Crippen molar-refractivity contribution in [1.29, 1.82) is 0 Å². The highest BCUT2D eigenvalue weighted by atomic mass is 33.1. The summed E-state index contributed by atoms with van der Waals surface area (Å²) in [4.78, 5) is 65.4. The molecule has 3 N–H and O–H groups in total. The van der Waals surface area contributed by atoms with Gasteiger partial charge in [0.15, 0.2) is 5.78 Å². The van der Waals surface area contributed by atoms with Crippen molar-refractivity contribution < 1.29 is 28.7 Å². The summed E-state index contributed by atoms with van der Waals surface area (Å²) >= 11 is 0. The number of rotatable bonds is 2. The van der Waals surface area contributed by atoms with Gasteiger partial charge in [-0.1, -0.05) is 61.4 Å². The maximum Gasteiger partial charge on any atom is 0.329 e. The molecule has 200 valence electrons. The molecule has 1 saturated heterocycles. The van der Waals surface area contributed by atoms with Crippen molar-refractivity contribution in [2.45, 2.75) is 72.1 Å². The molecule has 2 aliphatic rings. The predicted molar refractivity (Wildman–Crippen MR) is 142 cm³/mol. The first-order chi connectivity index (χ1) is 17.0. The molecular weight excluding hydrogens is 502 g/mol. The molecule has 4 atom stereocenters. The quantitative estimate of drug-likeness (QED) is 0.211. The number of ketones is 1. The van der Waals surface area contributed by atoms with Crippen LogP contribution >= 0.6 is 21.6 Å². The lowest BCUT2D eigenvalue weighted by Crippen LogP contribution is -2.50. The molecule has 2 aliphatic heterocycles. The zero-order chi connectivity index (χ0) is 26.8. The number of allylic oxidation sites excluding steroid dienone is 2. The minimum absolute atomic E-state index is 0.00452. The molecule has 0 aliphatic carbocycles. The maximum absolute atomic E-state index is 13.2. The Bertz CT molecular complexity index is 902. The van der Waals surface area contributed by atoms with E-state index in [-0.39, 0.29) is 36.2 Å². The molecule has 0 radical (unpaired) electrons. The molecule has 11 heteroatoms. The number of esters is 1. The van der Waals surface area contributed by atoms with Crippen LogP contribution in [0.25, 0.3) is 0 Å². The highest BCUT2D eigenvalue weighted by molar-refractivity contribution is 8.76. The van der Waals surface area contributed by atoms with Crippen LogP contribution in [0.1, 0.15) is 53.9 Å². The largest absolute Gasteiger partial charge is 0.456 e. The van der Waals surface area contributed by atoms with E-state index in [2.05, 4.69) is 16.0 Å². The smallest absolute Gasteiger partial charge is 0.329 e. The second kappa shape index (κ2) is 14.5. The number of Topliss-reactive ketones (excluding diaryl/α,β-unsaturated/α-hetero) is 1. The Balaban J connectivity index is 2.55. The second-order valence-corrected chi connectivity index (χ2v) is 12.2. The molecule has 2 bridgehead atoms. The SMILES string of the molecule is C/C=C1\NC(=O)[C@H]2CSSCC/C=C/[C@H](CC(=O)N[C@H](C(C)C)C(=O)C2)OC(=O)[C@H](C(C)C)NC1=O. The van der Waals surface area contributed by atoms with Crippen LogP contribution in [-0.2, 0) is 28.7 Å². The lowest BCUT2D eigenvalue weighted by molar-refractivity contribution is -0.153. The van der Waals surface area contributed by atoms with E-state index in [1.807, 2.05) is 19.9 Å². The van der Waals surface area contributed by atoms with Gasteiger partial charge >= 0.3 is 5.97 Å². The van der Waals surface area contributed by atoms with E-state index in [0.29, 0.717) is 12.2 Å². The van der Waals surface area contributed by atoms with Gasteiger partial charge in [0.1, 0.15) is 17.8 Å². The lowest BCUT2D eigenvalue weighted by atomic mass is 9.92. The molecule has 36 heavy (non-hydrogen) atoms. The van der Waals surface area contributed by atoms with E-state index in [1.165, 1.54) is 16.9 Å². The van der Waals surface area contributed by atoms with Crippen molar-refractivity contribution in [3.05, 3.63) is 23.9 Å². The molecule has 9 nitrogen and oxygen atoms in total. The van der Waals surface area contributed by atoms with Gasteiger partial charge in [-0.25, -0.2) is 4.79 Å². The zero-order valence-corrected chi connectivity index (χ0v) is 23.1. The number of carbonyl (C=O) groups excluding carboxylic acids is 5. The van der Waals surface area contributed by atoms with E-state index in [9.17, 15) is 24.0 Å². The fraction of sp³-hybridized carbons (Fsp3) is 0.640. The van der Waals surface area contributed by atoms with Crippen molar-refractivity contribution in [2.75, 3.05) is 11.5 Å². The fourth-order valence-electron chi connectivity index (χ4n) is 3.77. The third kappa shape index (κ3) is 8.99. The first-order valence-electron chi connectivity index (χ1n) is 12.2. The molecule has 0 unspecified atom stereocenters. The number of amides is 3. The molecule has 0 spiro atoms. The lowest BCUT2D eigenvalue weighted by Gasteiger charge is -2.27. The Labute approximate surface area is 220 Å². The van der Waals surface area contributed by atoms with Crippen molar-refractivity contribution >= 4 is 51.1 Å². The maximum atomic E-state index is 13.2. The topological polar surface area (TPSA) is 131 Å². The summed E-state index contributed by atoms with van der Waals surface area (Å²) in [6, 6.07) is -1.78. The van der Waals surface area contributed by atoms with Crippen LogP contribution in [0.15, 0.2) is 23.9 Å². The van der Waals surface area contributed by atoms with Crippen molar-refractivity contribution in [2.24, 2.45) is 17.8 Å². The monoisotopic (exact) mass is 539 g/mol. The van der Waals surface area contributed by atoms with E-state index in [4.69, 9.17) is 4.74 Å². The van der Waals surface area contributed by atoms with Gasteiger partial charge in [0.2, 0.25) is 11.8 Å². The Morgan fingerprint density at radius 3 is 2.31 bits per heavy atom. The highest BCUT2D eigenvalue weighted by Gasteiger charge is 2.33. The summed E-state index contributed by atoms with van der Waals surface area (Å²) < 4.78 is 5.67. The predicted octanol–water partition coefficient (Wildman–Crippen LogP) is 2.52. The summed E-state index contributed by atoms with van der Waals surface area (Å²) in [7, 11) is 3.05. The van der Waals surface area contributed by atoms with Crippen LogP contribution in [0.4, 0.5) is 0 Å². The number of hydrogen-bond acceptors (Lipinski definition) is 8. The van der Waals surface area contributed by atoms with Crippen LogP contribution in [0.2, 0.25) is 0 Å².